The number of imide groups is 1. The van der Waals surface area contributed by atoms with Crippen molar-refractivity contribution in [3.8, 4) is 5.75 Å². The van der Waals surface area contributed by atoms with Gasteiger partial charge in [0.25, 0.3) is 11.1 Å². The van der Waals surface area contributed by atoms with Crippen LogP contribution in [0.1, 0.15) is 16.7 Å². The summed E-state index contributed by atoms with van der Waals surface area (Å²) in [4.78, 5) is 26.4. The lowest BCUT2D eigenvalue weighted by molar-refractivity contribution is -0.123. The van der Waals surface area contributed by atoms with E-state index in [0.29, 0.717) is 25.8 Å². The third-order valence-corrected chi connectivity index (χ3v) is 6.95. The van der Waals surface area contributed by atoms with Gasteiger partial charge in [-0.2, -0.15) is 0 Å². The molecule has 4 nitrogen and oxygen atoms in total. The molecule has 1 fully saturated rings. The summed E-state index contributed by atoms with van der Waals surface area (Å²) in [5.41, 5.74) is 1.69. The molecule has 1 saturated heterocycles. The summed E-state index contributed by atoms with van der Waals surface area (Å²) in [5, 5.41) is 0.458. The van der Waals surface area contributed by atoms with Crippen LogP contribution >= 0.6 is 50.9 Å². The number of rotatable bonds is 6. The van der Waals surface area contributed by atoms with Crippen LogP contribution in [-0.2, 0) is 17.9 Å². The van der Waals surface area contributed by atoms with E-state index < -0.39 is 17.0 Å². The van der Waals surface area contributed by atoms with Crippen molar-refractivity contribution in [2.75, 3.05) is 0 Å². The minimum absolute atomic E-state index is 0.131. The van der Waals surface area contributed by atoms with Crippen molar-refractivity contribution in [1.82, 2.24) is 4.90 Å². The van der Waals surface area contributed by atoms with Gasteiger partial charge in [-0.1, -0.05) is 59.6 Å². The quantitative estimate of drug-likeness (QED) is 0.287. The molecule has 1 aliphatic rings. The molecule has 0 atom stereocenters. The topological polar surface area (TPSA) is 46.6 Å². The number of nitrogens with zero attached hydrogens (tertiary/aromatic N) is 1. The van der Waals surface area contributed by atoms with Crippen LogP contribution in [0.25, 0.3) is 6.08 Å². The number of hydrogen-bond donors (Lipinski definition) is 0. The van der Waals surface area contributed by atoms with Crippen LogP contribution < -0.4 is 4.74 Å². The smallest absolute Gasteiger partial charge is 0.293 e. The molecule has 0 spiro atoms. The molecule has 0 saturated carbocycles. The predicted molar refractivity (Wildman–Crippen MR) is 133 cm³/mol. The van der Waals surface area contributed by atoms with E-state index in [-0.39, 0.29) is 23.6 Å². The van der Waals surface area contributed by atoms with E-state index in [9.17, 15) is 14.0 Å². The van der Waals surface area contributed by atoms with Gasteiger partial charge in [-0.05, 0) is 63.6 Å². The summed E-state index contributed by atoms with van der Waals surface area (Å²) in [6.45, 7) is 0.0974. The molecule has 0 unspecified atom stereocenters. The summed E-state index contributed by atoms with van der Waals surface area (Å²) in [7, 11) is 0. The highest BCUT2D eigenvalue weighted by atomic mass is 79.9. The number of benzene rings is 3. The zero-order valence-electron chi connectivity index (χ0n) is 16.9. The number of amides is 2. The number of halogens is 4. The zero-order chi connectivity index (χ0) is 23.5. The van der Waals surface area contributed by atoms with Gasteiger partial charge in [0, 0.05) is 16.1 Å². The molecule has 0 N–H and O–H groups in total. The minimum atomic E-state index is -0.487. The van der Waals surface area contributed by atoms with E-state index in [1.54, 1.807) is 42.5 Å². The molecule has 9 heteroatoms. The van der Waals surface area contributed by atoms with E-state index in [2.05, 4.69) is 15.9 Å². The van der Waals surface area contributed by atoms with Gasteiger partial charge in [0.05, 0.1) is 20.9 Å². The van der Waals surface area contributed by atoms with Crippen LogP contribution in [0.2, 0.25) is 10.0 Å². The first-order valence-electron chi connectivity index (χ1n) is 9.67. The molecule has 4 rings (SSSR count). The van der Waals surface area contributed by atoms with Gasteiger partial charge >= 0.3 is 0 Å². The maximum Gasteiger partial charge on any atom is 0.293 e. The molecule has 3 aromatic rings. The van der Waals surface area contributed by atoms with Crippen LogP contribution in [0.15, 0.2) is 70.0 Å². The second-order valence-electron chi connectivity index (χ2n) is 7.05. The fraction of sp³-hybridized carbons (Fsp3) is 0.0833. The minimum Gasteiger partial charge on any atom is -0.486 e. The Kier molecular flexibility index (Phi) is 7.44. The van der Waals surface area contributed by atoms with Crippen molar-refractivity contribution in [1.29, 1.82) is 0 Å². The van der Waals surface area contributed by atoms with Crippen molar-refractivity contribution < 1.29 is 18.7 Å². The summed E-state index contributed by atoms with van der Waals surface area (Å²) in [5.74, 6) is -0.524. The Morgan fingerprint density at radius 2 is 1.70 bits per heavy atom. The Morgan fingerprint density at radius 3 is 2.39 bits per heavy atom. The van der Waals surface area contributed by atoms with Crippen molar-refractivity contribution in [3.05, 3.63) is 103 Å². The lowest BCUT2D eigenvalue weighted by Crippen LogP contribution is -2.27. The molecule has 0 radical (unpaired) electrons. The van der Waals surface area contributed by atoms with Crippen molar-refractivity contribution >= 4 is 68.1 Å². The highest BCUT2D eigenvalue weighted by Gasteiger charge is 2.35. The summed E-state index contributed by atoms with van der Waals surface area (Å²) in [6, 6.07) is 16.7. The summed E-state index contributed by atoms with van der Waals surface area (Å²) >= 11 is 16.8. The number of hydrogen-bond acceptors (Lipinski definition) is 4. The third-order valence-electron chi connectivity index (χ3n) is 4.81. The normalized spacial score (nSPS) is 14.9. The number of thioether (sulfide) groups is 1. The van der Waals surface area contributed by atoms with Crippen LogP contribution in [0.4, 0.5) is 9.18 Å². The molecule has 2 amide bonds. The van der Waals surface area contributed by atoms with Crippen molar-refractivity contribution in [2.45, 2.75) is 13.2 Å². The lowest BCUT2D eigenvalue weighted by atomic mass is 10.2. The van der Waals surface area contributed by atoms with Crippen molar-refractivity contribution in [2.24, 2.45) is 0 Å². The SMILES string of the molecule is O=C1S/C(=C\c2cc(Cl)c(OCc3ccccc3Cl)c(Br)c2)C(=O)N1Cc1ccccc1F. The highest BCUT2D eigenvalue weighted by molar-refractivity contribution is 9.10. The van der Waals surface area contributed by atoms with Crippen LogP contribution in [-0.4, -0.2) is 16.0 Å². The van der Waals surface area contributed by atoms with E-state index in [4.69, 9.17) is 27.9 Å². The van der Waals surface area contributed by atoms with Crippen LogP contribution in [0, 0.1) is 5.82 Å². The van der Waals surface area contributed by atoms with Gasteiger partial charge in [-0.25, -0.2) is 4.39 Å². The Labute approximate surface area is 212 Å². The molecule has 33 heavy (non-hydrogen) atoms. The van der Waals surface area contributed by atoms with E-state index >= 15 is 0 Å². The molecular formula is C24H15BrCl2FNO3S. The van der Waals surface area contributed by atoms with Gasteiger partial charge in [-0.15, -0.1) is 0 Å². The number of carbonyl (C=O) groups is 2. The molecular weight excluding hydrogens is 552 g/mol. The van der Waals surface area contributed by atoms with Crippen LogP contribution in [0.5, 0.6) is 5.75 Å². The maximum atomic E-state index is 14.0. The van der Waals surface area contributed by atoms with Gasteiger partial charge in [0.1, 0.15) is 12.4 Å². The monoisotopic (exact) mass is 565 g/mol. The Morgan fingerprint density at radius 1 is 1.00 bits per heavy atom. The van der Waals surface area contributed by atoms with Gasteiger partial charge < -0.3 is 4.74 Å². The number of carbonyl (C=O) groups excluding carboxylic acids is 2. The van der Waals surface area contributed by atoms with Crippen LogP contribution in [0.3, 0.4) is 0 Å². The Balaban J connectivity index is 1.52. The standard InChI is InChI=1S/C24H15BrCl2FNO3S/c25-17-9-14(10-19(27)22(17)32-13-16-6-1-3-7-18(16)26)11-21-23(30)29(24(31)33-21)12-15-5-2-4-8-20(15)28/h1-11H,12-13H2/b21-11-. The molecule has 3 aromatic carbocycles. The first-order valence-corrected chi connectivity index (χ1v) is 12.0. The van der Waals surface area contributed by atoms with E-state index in [1.807, 2.05) is 18.2 Å². The van der Waals surface area contributed by atoms with E-state index in [1.165, 1.54) is 6.07 Å². The largest absolute Gasteiger partial charge is 0.486 e. The molecule has 0 bridgehead atoms. The number of ether oxygens (including phenoxy) is 1. The second-order valence-corrected chi connectivity index (χ2v) is 9.71. The fourth-order valence-electron chi connectivity index (χ4n) is 3.15. The Hall–Kier alpha value is -2.32. The third kappa shape index (κ3) is 5.44. The summed E-state index contributed by atoms with van der Waals surface area (Å²) < 4.78 is 20.4. The Bertz CT molecular complexity index is 1260. The molecule has 168 valence electrons. The maximum absolute atomic E-state index is 14.0. The van der Waals surface area contributed by atoms with Gasteiger partial charge in [-0.3, -0.25) is 14.5 Å². The molecule has 0 aliphatic carbocycles. The fourth-order valence-corrected chi connectivity index (χ4v) is 5.17. The lowest BCUT2D eigenvalue weighted by Gasteiger charge is -2.13. The first-order chi connectivity index (χ1) is 15.8. The second kappa shape index (κ2) is 10.3. The first kappa shape index (κ1) is 23.8. The average molecular weight is 567 g/mol. The molecule has 1 aliphatic heterocycles. The van der Waals surface area contributed by atoms with Gasteiger partial charge in [0.2, 0.25) is 0 Å². The average Bonchev–Trinajstić information content (AvgIpc) is 3.03. The molecule has 1 heterocycles. The predicted octanol–water partition coefficient (Wildman–Crippen LogP) is 7.71. The zero-order valence-corrected chi connectivity index (χ0v) is 20.8. The van der Waals surface area contributed by atoms with Gasteiger partial charge in [0.15, 0.2) is 5.75 Å². The summed E-state index contributed by atoms with van der Waals surface area (Å²) in [6.07, 6.45) is 1.57. The molecule has 0 aromatic heterocycles. The highest BCUT2D eigenvalue weighted by Crippen LogP contribution is 2.38. The van der Waals surface area contributed by atoms with Crippen molar-refractivity contribution in [3.63, 3.8) is 0 Å². The van der Waals surface area contributed by atoms with E-state index in [0.717, 1.165) is 22.2 Å².